The minimum atomic E-state index is 0.498. The molecule has 0 bridgehead atoms. The van der Waals surface area contributed by atoms with E-state index in [1.165, 1.54) is 32.1 Å². The summed E-state index contributed by atoms with van der Waals surface area (Å²) in [4.78, 5) is 11.2. The maximum absolute atomic E-state index is 11.2. The van der Waals surface area contributed by atoms with Crippen LogP contribution in [0.15, 0.2) is 0 Å². The topological polar surface area (TPSA) is 17.1 Å². The normalized spacial score (nSPS) is 29.1. The summed E-state index contributed by atoms with van der Waals surface area (Å²) in [5.41, 5.74) is 0.508. The van der Waals surface area contributed by atoms with Crippen LogP contribution in [-0.2, 0) is 4.79 Å². The van der Waals surface area contributed by atoms with Crippen molar-refractivity contribution in [3.8, 4) is 0 Å². The van der Waals surface area contributed by atoms with Crippen LogP contribution < -0.4 is 0 Å². The Morgan fingerprint density at radius 3 is 2.21 bits per heavy atom. The Morgan fingerprint density at radius 1 is 1.07 bits per heavy atom. The van der Waals surface area contributed by atoms with Crippen LogP contribution in [0.1, 0.15) is 64.7 Å². The molecule has 0 aromatic heterocycles. The van der Waals surface area contributed by atoms with E-state index < -0.39 is 0 Å². The highest BCUT2D eigenvalue weighted by Gasteiger charge is 2.37. The van der Waals surface area contributed by atoms with E-state index in [4.69, 9.17) is 0 Å². The van der Waals surface area contributed by atoms with Crippen molar-refractivity contribution in [2.45, 2.75) is 64.7 Å². The third kappa shape index (κ3) is 2.02. The minimum Gasteiger partial charge on any atom is -0.300 e. The maximum Gasteiger partial charge on any atom is 0.132 e. The van der Waals surface area contributed by atoms with Crippen LogP contribution >= 0.6 is 0 Å². The molecular formula is C13H22O. The number of ketones is 1. The number of hydrogen-bond donors (Lipinski definition) is 0. The predicted octanol–water partition coefficient (Wildman–Crippen LogP) is 3.72. The third-order valence-electron chi connectivity index (χ3n) is 4.54. The Morgan fingerprint density at radius 2 is 1.64 bits per heavy atom. The summed E-state index contributed by atoms with van der Waals surface area (Å²) in [7, 11) is 0. The number of rotatable bonds is 1. The van der Waals surface area contributed by atoms with Gasteiger partial charge in [0.05, 0.1) is 0 Å². The zero-order valence-corrected chi connectivity index (χ0v) is 9.35. The van der Waals surface area contributed by atoms with Crippen molar-refractivity contribution < 1.29 is 4.79 Å². The molecule has 1 nitrogen and oxygen atoms in total. The van der Waals surface area contributed by atoms with Crippen LogP contribution in [-0.4, -0.2) is 5.78 Å². The van der Waals surface area contributed by atoms with Crippen molar-refractivity contribution in [2.75, 3.05) is 0 Å². The van der Waals surface area contributed by atoms with Gasteiger partial charge in [-0.2, -0.15) is 0 Å². The lowest BCUT2D eigenvalue weighted by Crippen LogP contribution is -2.33. The Hall–Kier alpha value is -0.330. The quantitative estimate of drug-likeness (QED) is 0.622. The Balaban J connectivity index is 1.96. The Labute approximate surface area is 87.3 Å². The lowest BCUT2D eigenvalue weighted by Gasteiger charge is -2.42. The Kier molecular flexibility index (Phi) is 2.94. The summed E-state index contributed by atoms with van der Waals surface area (Å²) in [5, 5.41) is 0. The van der Waals surface area contributed by atoms with Crippen molar-refractivity contribution in [1.82, 2.24) is 0 Å². The van der Waals surface area contributed by atoms with Gasteiger partial charge in [0.1, 0.15) is 5.78 Å². The lowest BCUT2D eigenvalue weighted by atomic mass is 9.63. The molecule has 14 heavy (non-hydrogen) atoms. The molecular weight excluding hydrogens is 172 g/mol. The van der Waals surface area contributed by atoms with Gasteiger partial charge in [-0.25, -0.2) is 0 Å². The summed E-state index contributed by atoms with van der Waals surface area (Å²) < 4.78 is 0. The van der Waals surface area contributed by atoms with Crippen LogP contribution in [0.3, 0.4) is 0 Å². The highest BCUT2D eigenvalue weighted by atomic mass is 16.1. The van der Waals surface area contributed by atoms with E-state index in [-0.39, 0.29) is 0 Å². The van der Waals surface area contributed by atoms with E-state index in [1.807, 2.05) is 0 Å². The van der Waals surface area contributed by atoms with Crippen LogP contribution in [0.2, 0.25) is 0 Å². The van der Waals surface area contributed by atoms with Crippen molar-refractivity contribution in [1.29, 1.82) is 0 Å². The van der Waals surface area contributed by atoms with Gasteiger partial charge in [-0.15, -0.1) is 0 Å². The molecule has 0 spiro atoms. The van der Waals surface area contributed by atoms with Crippen LogP contribution in [0, 0.1) is 11.3 Å². The molecule has 0 aliphatic heterocycles. The van der Waals surface area contributed by atoms with Crippen molar-refractivity contribution >= 4 is 5.78 Å². The van der Waals surface area contributed by atoms with Crippen molar-refractivity contribution in [3.05, 3.63) is 0 Å². The predicted molar refractivity (Wildman–Crippen MR) is 58.2 cm³/mol. The second-order valence-electron chi connectivity index (χ2n) is 5.53. The largest absolute Gasteiger partial charge is 0.300 e. The monoisotopic (exact) mass is 194 g/mol. The second-order valence-corrected chi connectivity index (χ2v) is 5.53. The number of carbonyl (C=O) groups excluding carboxylic acids is 1. The van der Waals surface area contributed by atoms with Gasteiger partial charge in [-0.3, -0.25) is 4.79 Å². The summed E-state index contributed by atoms with van der Waals surface area (Å²) in [6.45, 7) is 2.43. The van der Waals surface area contributed by atoms with E-state index >= 15 is 0 Å². The molecule has 0 atom stereocenters. The standard InChI is InChI=1S/C13H22O/c1-13(9-7-12(14)8-10-13)11-5-3-2-4-6-11/h11H,2-10H2,1H3. The summed E-state index contributed by atoms with van der Waals surface area (Å²) >= 11 is 0. The minimum absolute atomic E-state index is 0.498. The molecule has 0 radical (unpaired) electrons. The summed E-state index contributed by atoms with van der Waals surface area (Å²) in [6, 6.07) is 0. The molecule has 2 aliphatic carbocycles. The smallest absolute Gasteiger partial charge is 0.132 e. The van der Waals surface area contributed by atoms with Gasteiger partial charge in [0, 0.05) is 12.8 Å². The first-order chi connectivity index (χ1) is 6.71. The van der Waals surface area contributed by atoms with Crippen LogP contribution in [0.5, 0.6) is 0 Å². The Bertz CT molecular complexity index is 203. The van der Waals surface area contributed by atoms with Gasteiger partial charge < -0.3 is 0 Å². The van der Waals surface area contributed by atoms with Gasteiger partial charge in [0.2, 0.25) is 0 Å². The fourth-order valence-corrected chi connectivity index (χ4v) is 3.31. The average Bonchev–Trinajstić information content (AvgIpc) is 2.24. The molecule has 0 aromatic carbocycles. The molecule has 2 fully saturated rings. The number of Topliss-reactive ketones (excluding diaryl/α,β-unsaturated/α-hetero) is 1. The maximum atomic E-state index is 11.2. The van der Waals surface area contributed by atoms with Crippen LogP contribution in [0.4, 0.5) is 0 Å². The van der Waals surface area contributed by atoms with Gasteiger partial charge >= 0.3 is 0 Å². The first-order valence-corrected chi connectivity index (χ1v) is 6.22. The molecule has 0 amide bonds. The van der Waals surface area contributed by atoms with E-state index in [0.717, 1.165) is 31.6 Å². The van der Waals surface area contributed by atoms with Crippen LogP contribution in [0.25, 0.3) is 0 Å². The van der Waals surface area contributed by atoms with Crippen molar-refractivity contribution in [3.63, 3.8) is 0 Å². The molecule has 0 saturated heterocycles. The zero-order valence-electron chi connectivity index (χ0n) is 9.35. The SMILES string of the molecule is CC1(C2CCCCC2)CCC(=O)CC1. The molecule has 2 aliphatic rings. The molecule has 0 heterocycles. The summed E-state index contributed by atoms with van der Waals surface area (Å²) in [5.74, 6) is 1.42. The van der Waals surface area contributed by atoms with E-state index in [0.29, 0.717) is 11.2 Å². The molecule has 1 heteroatoms. The molecule has 2 saturated carbocycles. The van der Waals surface area contributed by atoms with Gasteiger partial charge in [-0.05, 0) is 37.0 Å². The van der Waals surface area contributed by atoms with Crippen molar-refractivity contribution in [2.24, 2.45) is 11.3 Å². The molecule has 0 unspecified atom stereocenters. The average molecular weight is 194 g/mol. The lowest BCUT2D eigenvalue weighted by molar-refractivity contribution is -0.123. The highest BCUT2D eigenvalue weighted by molar-refractivity contribution is 5.79. The zero-order chi connectivity index (χ0) is 10.0. The van der Waals surface area contributed by atoms with Gasteiger partial charge in [-0.1, -0.05) is 26.2 Å². The second kappa shape index (κ2) is 4.04. The molecule has 0 N–H and O–H groups in total. The molecule has 0 aromatic rings. The van der Waals surface area contributed by atoms with E-state index in [2.05, 4.69) is 6.92 Å². The molecule has 2 rings (SSSR count). The first kappa shape index (κ1) is 10.2. The fraction of sp³-hybridized carbons (Fsp3) is 0.923. The van der Waals surface area contributed by atoms with Gasteiger partial charge in [0.25, 0.3) is 0 Å². The highest BCUT2D eigenvalue weighted by Crippen LogP contribution is 2.46. The van der Waals surface area contributed by atoms with E-state index in [9.17, 15) is 4.79 Å². The molecule has 80 valence electrons. The van der Waals surface area contributed by atoms with E-state index in [1.54, 1.807) is 0 Å². The van der Waals surface area contributed by atoms with Gasteiger partial charge in [0.15, 0.2) is 0 Å². The third-order valence-corrected chi connectivity index (χ3v) is 4.54. The number of carbonyl (C=O) groups is 1. The first-order valence-electron chi connectivity index (χ1n) is 6.22. The fourth-order valence-electron chi connectivity index (χ4n) is 3.31. The summed E-state index contributed by atoms with van der Waals surface area (Å²) in [6.07, 6.45) is 11.2. The number of hydrogen-bond acceptors (Lipinski definition) is 1.